The highest BCUT2D eigenvalue weighted by Gasteiger charge is 2.38. The standard InChI is InChI=1S/C14H18BNO3/c1-10-8-14(2,3)19-15(18-10)12-5-6-13(17-4)11(7-12)9-16/h5-7,10H,8H2,1-4H3. The normalized spacial score (nSPS) is 21.8. The van der Waals surface area contributed by atoms with Gasteiger partial charge in [0.25, 0.3) is 0 Å². The molecule has 1 aliphatic heterocycles. The predicted octanol–water partition coefficient (Wildman–Crippen LogP) is 1.87. The highest BCUT2D eigenvalue weighted by Crippen LogP contribution is 2.26. The van der Waals surface area contributed by atoms with Crippen molar-refractivity contribution in [3.63, 3.8) is 0 Å². The van der Waals surface area contributed by atoms with Crippen LogP contribution in [0.15, 0.2) is 18.2 Å². The minimum Gasteiger partial charge on any atom is -0.495 e. The summed E-state index contributed by atoms with van der Waals surface area (Å²) in [5.41, 5.74) is 1.11. The summed E-state index contributed by atoms with van der Waals surface area (Å²) in [6.07, 6.45) is 0.978. The Morgan fingerprint density at radius 3 is 2.79 bits per heavy atom. The maximum Gasteiger partial charge on any atom is 0.494 e. The molecule has 0 aromatic heterocycles. The molecule has 0 N–H and O–H groups in total. The number of ether oxygens (including phenoxy) is 1. The number of benzene rings is 1. The maximum atomic E-state index is 9.12. The van der Waals surface area contributed by atoms with E-state index in [2.05, 4.69) is 6.07 Å². The summed E-state index contributed by atoms with van der Waals surface area (Å²) in [6.45, 7) is 6.13. The summed E-state index contributed by atoms with van der Waals surface area (Å²) in [4.78, 5) is 0. The summed E-state index contributed by atoms with van der Waals surface area (Å²) in [5, 5.41) is 9.12. The van der Waals surface area contributed by atoms with Gasteiger partial charge < -0.3 is 14.0 Å². The van der Waals surface area contributed by atoms with Crippen LogP contribution in [0, 0.1) is 11.3 Å². The van der Waals surface area contributed by atoms with Crippen LogP contribution in [0.25, 0.3) is 0 Å². The molecule has 1 unspecified atom stereocenters. The van der Waals surface area contributed by atoms with Crippen molar-refractivity contribution in [1.82, 2.24) is 0 Å². The number of hydrogen-bond donors (Lipinski definition) is 0. The Bertz CT molecular complexity index is 510. The second kappa shape index (κ2) is 5.24. The van der Waals surface area contributed by atoms with Crippen molar-refractivity contribution in [1.29, 1.82) is 5.26 Å². The van der Waals surface area contributed by atoms with Crippen LogP contribution < -0.4 is 10.2 Å². The van der Waals surface area contributed by atoms with Crippen molar-refractivity contribution in [2.24, 2.45) is 0 Å². The van der Waals surface area contributed by atoms with Gasteiger partial charge in [0, 0.05) is 6.10 Å². The SMILES string of the molecule is COc1ccc(B2OC(C)CC(C)(C)O2)cc1C#N. The van der Waals surface area contributed by atoms with Gasteiger partial charge in [-0.2, -0.15) is 5.26 Å². The zero-order valence-corrected chi connectivity index (χ0v) is 11.8. The van der Waals surface area contributed by atoms with Crippen molar-refractivity contribution >= 4 is 12.6 Å². The molecule has 1 aromatic rings. The molecule has 0 bridgehead atoms. The molecule has 100 valence electrons. The van der Waals surface area contributed by atoms with Gasteiger partial charge in [0.1, 0.15) is 11.8 Å². The van der Waals surface area contributed by atoms with Gasteiger partial charge in [0.05, 0.1) is 18.3 Å². The van der Waals surface area contributed by atoms with Crippen LogP contribution in [-0.4, -0.2) is 25.9 Å². The number of hydrogen-bond acceptors (Lipinski definition) is 4. The Morgan fingerprint density at radius 2 is 2.21 bits per heavy atom. The fourth-order valence-corrected chi connectivity index (χ4v) is 2.42. The molecule has 0 saturated carbocycles. The van der Waals surface area contributed by atoms with E-state index in [4.69, 9.17) is 19.3 Å². The summed E-state index contributed by atoms with van der Waals surface area (Å²) in [7, 11) is 1.12. The van der Waals surface area contributed by atoms with Crippen molar-refractivity contribution in [3.05, 3.63) is 23.8 Å². The molecule has 1 aromatic carbocycles. The average molecular weight is 259 g/mol. The molecular weight excluding hydrogens is 241 g/mol. The Morgan fingerprint density at radius 1 is 1.47 bits per heavy atom. The Balaban J connectivity index is 2.29. The highest BCUT2D eigenvalue weighted by molar-refractivity contribution is 6.61. The lowest BCUT2D eigenvalue weighted by molar-refractivity contribution is -0.0229. The molecule has 0 aliphatic carbocycles. The third-order valence-electron chi connectivity index (χ3n) is 3.18. The lowest BCUT2D eigenvalue weighted by Crippen LogP contribution is -2.51. The molecule has 1 saturated heterocycles. The first-order valence-electron chi connectivity index (χ1n) is 6.36. The van der Waals surface area contributed by atoms with Crippen molar-refractivity contribution < 1.29 is 14.0 Å². The van der Waals surface area contributed by atoms with E-state index >= 15 is 0 Å². The summed E-state index contributed by atoms with van der Waals surface area (Å²) in [6, 6.07) is 7.53. The highest BCUT2D eigenvalue weighted by atomic mass is 16.6. The molecule has 1 atom stereocenters. The lowest BCUT2D eigenvalue weighted by atomic mass is 9.74. The average Bonchev–Trinajstić information content (AvgIpc) is 2.35. The minimum atomic E-state index is -0.434. The van der Waals surface area contributed by atoms with E-state index in [0.29, 0.717) is 11.3 Å². The number of nitrogens with zero attached hydrogens (tertiary/aromatic N) is 1. The van der Waals surface area contributed by atoms with Crippen LogP contribution in [0.3, 0.4) is 0 Å². The summed E-state index contributed by atoms with van der Waals surface area (Å²) >= 11 is 0. The first kappa shape index (κ1) is 13.9. The molecule has 0 spiro atoms. The van der Waals surface area contributed by atoms with Gasteiger partial charge >= 0.3 is 7.12 Å². The molecule has 19 heavy (non-hydrogen) atoms. The van der Waals surface area contributed by atoms with E-state index in [9.17, 15) is 0 Å². The second-order valence-electron chi connectivity index (χ2n) is 5.43. The first-order valence-corrected chi connectivity index (χ1v) is 6.36. The van der Waals surface area contributed by atoms with Crippen LogP contribution in [0.5, 0.6) is 5.75 Å². The lowest BCUT2D eigenvalue weighted by Gasteiger charge is -2.38. The second-order valence-corrected chi connectivity index (χ2v) is 5.43. The largest absolute Gasteiger partial charge is 0.495 e. The monoisotopic (exact) mass is 259 g/mol. The van der Waals surface area contributed by atoms with E-state index in [1.54, 1.807) is 19.2 Å². The van der Waals surface area contributed by atoms with E-state index in [-0.39, 0.29) is 11.7 Å². The molecule has 1 heterocycles. The quantitative estimate of drug-likeness (QED) is 0.761. The molecule has 0 amide bonds. The van der Waals surface area contributed by atoms with Gasteiger partial charge in [-0.25, -0.2) is 0 Å². The van der Waals surface area contributed by atoms with Gasteiger partial charge in [-0.05, 0) is 44.8 Å². The Labute approximate surface area is 114 Å². The van der Waals surface area contributed by atoms with Crippen LogP contribution >= 0.6 is 0 Å². The zero-order chi connectivity index (χ0) is 14.0. The van der Waals surface area contributed by atoms with Gasteiger partial charge in [-0.1, -0.05) is 6.07 Å². The zero-order valence-electron chi connectivity index (χ0n) is 11.8. The van der Waals surface area contributed by atoms with Gasteiger partial charge in [0.2, 0.25) is 0 Å². The van der Waals surface area contributed by atoms with E-state index in [1.807, 2.05) is 26.8 Å². The smallest absolute Gasteiger partial charge is 0.494 e. The van der Waals surface area contributed by atoms with Gasteiger partial charge in [-0.3, -0.25) is 0 Å². The third kappa shape index (κ3) is 3.09. The molecule has 5 heteroatoms. The number of rotatable bonds is 2. The molecule has 1 fully saturated rings. The van der Waals surface area contributed by atoms with Crippen LogP contribution in [0.1, 0.15) is 32.8 Å². The third-order valence-corrected chi connectivity index (χ3v) is 3.18. The van der Waals surface area contributed by atoms with E-state index in [0.717, 1.165) is 11.9 Å². The van der Waals surface area contributed by atoms with E-state index in [1.165, 1.54) is 0 Å². The molecule has 2 rings (SSSR count). The molecule has 1 aliphatic rings. The number of methoxy groups -OCH3 is 1. The van der Waals surface area contributed by atoms with Crippen LogP contribution in [-0.2, 0) is 9.31 Å². The summed E-state index contributed by atoms with van der Waals surface area (Å²) in [5.74, 6) is 0.564. The summed E-state index contributed by atoms with van der Waals surface area (Å²) < 4.78 is 16.9. The van der Waals surface area contributed by atoms with Crippen molar-refractivity contribution in [2.45, 2.75) is 38.9 Å². The number of nitriles is 1. The fourth-order valence-electron chi connectivity index (χ4n) is 2.42. The minimum absolute atomic E-state index is 0.126. The van der Waals surface area contributed by atoms with Gasteiger partial charge in [0.15, 0.2) is 0 Å². The van der Waals surface area contributed by atoms with Gasteiger partial charge in [-0.15, -0.1) is 0 Å². The van der Waals surface area contributed by atoms with E-state index < -0.39 is 7.12 Å². The Hall–Kier alpha value is -1.51. The molecule has 4 nitrogen and oxygen atoms in total. The molecular formula is C14H18BNO3. The molecule has 0 radical (unpaired) electrons. The van der Waals surface area contributed by atoms with Crippen molar-refractivity contribution in [3.8, 4) is 11.8 Å². The van der Waals surface area contributed by atoms with Crippen LogP contribution in [0.2, 0.25) is 0 Å². The van der Waals surface area contributed by atoms with Crippen molar-refractivity contribution in [2.75, 3.05) is 7.11 Å². The fraction of sp³-hybridized carbons (Fsp3) is 0.500. The maximum absolute atomic E-state index is 9.12. The Kier molecular flexibility index (Phi) is 3.84. The van der Waals surface area contributed by atoms with Crippen LogP contribution in [0.4, 0.5) is 0 Å². The predicted molar refractivity (Wildman–Crippen MR) is 73.4 cm³/mol. The topological polar surface area (TPSA) is 51.5 Å². The first-order chi connectivity index (χ1) is 8.95.